The minimum Gasteiger partial charge on any atom is -0.246 e. The number of alkyl halides is 1. The highest BCUT2D eigenvalue weighted by Gasteiger charge is 2.60. The molecule has 0 saturated heterocycles. The summed E-state index contributed by atoms with van der Waals surface area (Å²) in [5, 5.41) is 0. The quantitative estimate of drug-likeness (QED) is 0.537. The van der Waals surface area contributed by atoms with E-state index in [9.17, 15) is 4.39 Å². The van der Waals surface area contributed by atoms with Gasteiger partial charge in [-0.3, -0.25) is 0 Å². The van der Waals surface area contributed by atoms with Crippen molar-refractivity contribution in [2.45, 2.75) is 52.1 Å². The van der Waals surface area contributed by atoms with Gasteiger partial charge in [0, 0.05) is 0 Å². The molecule has 74 valence electrons. The average Bonchev–Trinajstić information content (AvgIpc) is 1.97. The summed E-state index contributed by atoms with van der Waals surface area (Å²) in [7, 11) is 0. The smallest absolute Gasteiger partial charge is 0.111 e. The topological polar surface area (TPSA) is 0 Å². The molecule has 0 N–H and O–H groups in total. The molecule has 0 unspecified atom stereocenters. The highest BCUT2D eigenvalue weighted by molar-refractivity contribution is 5.09. The third-order valence-electron chi connectivity index (χ3n) is 4.91. The molecule has 0 nitrogen and oxygen atoms in total. The largest absolute Gasteiger partial charge is 0.246 e. The van der Waals surface area contributed by atoms with E-state index < -0.39 is 6.17 Å². The summed E-state index contributed by atoms with van der Waals surface area (Å²) in [5.41, 5.74) is 0.109. The van der Waals surface area contributed by atoms with Crippen LogP contribution >= 0.6 is 0 Å². The minimum atomic E-state index is -0.521. The number of halogens is 1. The van der Waals surface area contributed by atoms with Crippen molar-refractivity contribution in [2.24, 2.45) is 22.7 Å². The first-order valence-corrected chi connectivity index (χ1v) is 5.66. The maximum atomic E-state index is 14.3. The van der Waals surface area contributed by atoms with Crippen molar-refractivity contribution < 1.29 is 4.39 Å². The van der Waals surface area contributed by atoms with Crippen LogP contribution in [0.4, 0.5) is 4.39 Å². The summed E-state index contributed by atoms with van der Waals surface area (Å²) < 4.78 is 14.3. The fraction of sp³-hybridized carbons (Fsp3) is 1.00. The van der Waals surface area contributed by atoms with E-state index in [0.717, 1.165) is 11.8 Å². The van der Waals surface area contributed by atoms with Crippen molar-refractivity contribution in [1.82, 2.24) is 0 Å². The van der Waals surface area contributed by atoms with Crippen LogP contribution in [0.25, 0.3) is 0 Å². The van der Waals surface area contributed by atoms with Crippen LogP contribution in [-0.2, 0) is 0 Å². The molecule has 13 heavy (non-hydrogen) atoms. The van der Waals surface area contributed by atoms with E-state index in [4.69, 9.17) is 0 Å². The third kappa shape index (κ3) is 0.911. The van der Waals surface area contributed by atoms with Crippen molar-refractivity contribution in [3.8, 4) is 0 Å². The highest BCUT2D eigenvalue weighted by Crippen LogP contribution is 2.65. The predicted molar refractivity (Wildman–Crippen MR) is 51.2 cm³/mol. The van der Waals surface area contributed by atoms with Crippen LogP contribution in [-0.4, -0.2) is 6.17 Å². The Morgan fingerprint density at radius 3 is 1.69 bits per heavy atom. The van der Waals surface area contributed by atoms with E-state index in [1.54, 1.807) is 0 Å². The van der Waals surface area contributed by atoms with Crippen molar-refractivity contribution in [2.75, 3.05) is 0 Å². The Balaban J connectivity index is 2.03. The Kier molecular flexibility index (Phi) is 1.35. The van der Waals surface area contributed by atoms with Gasteiger partial charge in [-0.2, -0.15) is 0 Å². The Morgan fingerprint density at radius 1 is 0.923 bits per heavy atom. The average molecular weight is 182 g/mol. The SMILES string of the molecule is CC12CC3CC(C1)CC(C)(C3)C2F. The zero-order valence-electron chi connectivity index (χ0n) is 8.65. The molecule has 0 aromatic heterocycles. The molecule has 0 amide bonds. The monoisotopic (exact) mass is 182 g/mol. The van der Waals surface area contributed by atoms with Gasteiger partial charge in [-0.25, -0.2) is 4.39 Å². The minimum absolute atomic E-state index is 0.0544. The molecule has 1 heteroatoms. The molecule has 4 bridgehead atoms. The summed E-state index contributed by atoms with van der Waals surface area (Å²) in [6, 6.07) is 0. The molecule has 0 heterocycles. The van der Waals surface area contributed by atoms with Crippen LogP contribution in [0.2, 0.25) is 0 Å². The van der Waals surface area contributed by atoms with E-state index in [0.29, 0.717) is 0 Å². The highest BCUT2D eigenvalue weighted by atomic mass is 19.1. The van der Waals surface area contributed by atoms with Crippen molar-refractivity contribution in [3.63, 3.8) is 0 Å². The number of hydrogen-bond donors (Lipinski definition) is 0. The molecule has 0 aliphatic heterocycles. The lowest BCUT2D eigenvalue weighted by Crippen LogP contribution is -2.57. The van der Waals surface area contributed by atoms with Gasteiger partial charge in [-0.05, 0) is 54.8 Å². The van der Waals surface area contributed by atoms with E-state index >= 15 is 0 Å². The normalized spacial score (nSPS) is 64.4. The lowest BCUT2D eigenvalue weighted by atomic mass is 9.44. The Bertz CT molecular complexity index is 210. The van der Waals surface area contributed by atoms with Gasteiger partial charge in [0.15, 0.2) is 0 Å². The first-order valence-electron chi connectivity index (χ1n) is 5.66. The molecule has 4 rings (SSSR count). The number of hydrogen-bond acceptors (Lipinski definition) is 0. The van der Waals surface area contributed by atoms with E-state index in [-0.39, 0.29) is 10.8 Å². The van der Waals surface area contributed by atoms with E-state index in [1.807, 2.05) is 0 Å². The van der Waals surface area contributed by atoms with Gasteiger partial charge in [0.25, 0.3) is 0 Å². The Morgan fingerprint density at radius 2 is 1.31 bits per heavy atom. The lowest BCUT2D eigenvalue weighted by Gasteiger charge is -2.62. The van der Waals surface area contributed by atoms with Gasteiger partial charge < -0.3 is 0 Å². The van der Waals surface area contributed by atoms with Gasteiger partial charge in [0.2, 0.25) is 0 Å². The van der Waals surface area contributed by atoms with Crippen LogP contribution in [0.1, 0.15) is 46.0 Å². The summed E-state index contributed by atoms with van der Waals surface area (Å²) in [5.74, 6) is 1.71. The zero-order chi connectivity index (χ0) is 9.27. The van der Waals surface area contributed by atoms with Gasteiger partial charge in [0.1, 0.15) is 6.17 Å². The van der Waals surface area contributed by atoms with E-state index in [1.165, 1.54) is 32.1 Å². The molecule has 4 aliphatic rings. The van der Waals surface area contributed by atoms with Crippen LogP contribution in [0.3, 0.4) is 0 Å². The van der Waals surface area contributed by atoms with Crippen LogP contribution in [0.15, 0.2) is 0 Å². The fourth-order valence-electron chi connectivity index (χ4n) is 5.01. The molecular formula is C12H19F. The third-order valence-corrected chi connectivity index (χ3v) is 4.91. The zero-order valence-corrected chi connectivity index (χ0v) is 8.65. The molecule has 0 atom stereocenters. The van der Waals surface area contributed by atoms with Crippen LogP contribution < -0.4 is 0 Å². The van der Waals surface area contributed by atoms with Crippen LogP contribution in [0, 0.1) is 22.7 Å². The second-order valence-electron chi connectivity index (χ2n) is 6.45. The van der Waals surface area contributed by atoms with Gasteiger partial charge in [-0.15, -0.1) is 0 Å². The fourth-order valence-corrected chi connectivity index (χ4v) is 5.01. The van der Waals surface area contributed by atoms with Gasteiger partial charge in [-0.1, -0.05) is 13.8 Å². The molecule has 4 aliphatic carbocycles. The Labute approximate surface area is 79.9 Å². The summed E-state index contributed by atoms with van der Waals surface area (Å²) >= 11 is 0. The molecule has 4 saturated carbocycles. The Hall–Kier alpha value is -0.0700. The standard InChI is InChI=1S/C12H19F/c1-11-4-8-3-9(5-11)7-12(2,6-8)10(11)13/h8-10H,3-7H2,1-2H3. The predicted octanol–water partition coefficient (Wildman–Crippen LogP) is 3.56. The van der Waals surface area contributed by atoms with Crippen molar-refractivity contribution in [3.05, 3.63) is 0 Å². The lowest BCUT2D eigenvalue weighted by molar-refractivity contribution is -0.159. The number of rotatable bonds is 0. The summed E-state index contributed by atoms with van der Waals surface area (Å²) in [6.07, 6.45) is 5.55. The molecule has 0 spiro atoms. The van der Waals surface area contributed by atoms with E-state index in [2.05, 4.69) is 13.8 Å². The maximum Gasteiger partial charge on any atom is 0.111 e. The first-order chi connectivity index (χ1) is 6.02. The van der Waals surface area contributed by atoms with Crippen LogP contribution in [0.5, 0.6) is 0 Å². The molecular weight excluding hydrogens is 163 g/mol. The van der Waals surface area contributed by atoms with Crippen molar-refractivity contribution >= 4 is 0 Å². The second-order valence-corrected chi connectivity index (χ2v) is 6.45. The van der Waals surface area contributed by atoms with Crippen molar-refractivity contribution in [1.29, 1.82) is 0 Å². The molecule has 4 fully saturated rings. The second kappa shape index (κ2) is 2.12. The summed E-state index contributed by atoms with van der Waals surface area (Å²) in [6.45, 7) is 4.38. The van der Waals surface area contributed by atoms with Gasteiger partial charge >= 0.3 is 0 Å². The maximum absolute atomic E-state index is 14.3. The molecule has 0 radical (unpaired) electrons. The molecule has 0 aromatic rings. The van der Waals surface area contributed by atoms with Gasteiger partial charge in [0.05, 0.1) is 0 Å². The summed E-state index contributed by atoms with van der Waals surface area (Å²) in [4.78, 5) is 0. The first kappa shape index (κ1) is 8.26. The molecule has 0 aromatic carbocycles.